The predicted octanol–water partition coefficient (Wildman–Crippen LogP) is 1.80. The lowest BCUT2D eigenvalue weighted by Gasteiger charge is -2.34. The molecule has 25 heavy (non-hydrogen) atoms. The molecular weight excluding hydrogens is 316 g/mol. The van der Waals surface area contributed by atoms with Crippen LogP contribution < -0.4 is 0 Å². The number of methoxy groups -OCH3 is 1. The van der Waals surface area contributed by atoms with Gasteiger partial charge >= 0.3 is 0 Å². The fraction of sp³-hybridized carbons (Fsp3) is 0.389. The fourth-order valence-electron chi connectivity index (χ4n) is 3.47. The van der Waals surface area contributed by atoms with Crippen LogP contribution in [0.5, 0.6) is 0 Å². The zero-order valence-electron chi connectivity index (χ0n) is 14.3. The van der Waals surface area contributed by atoms with Crippen LogP contribution in [0.25, 0.3) is 0 Å². The van der Waals surface area contributed by atoms with Crippen LogP contribution in [0, 0.1) is 0 Å². The van der Waals surface area contributed by atoms with Gasteiger partial charge < -0.3 is 14.3 Å². The molecule has 0 spiro atoms. The lowest BCUT2D eigenvalue weighted by Crippen LogP contribution is -2.36. The maximum Gasteiger partial charge on any atom is 0.122 e. The molecule has 3 aromatic rings. The zero-order valence-corrected chi connectivity index (χ0v) is 14.3. The van der Waals surface area contributed by atoms with Crippen molar-refractivity contribution < 1.29 is 4.74 Å². The first-order valence-electron chi connectivity index (χ1n) is 8.52. The van der Waals surface area contributed by atoms with Gasteiger partial charge in [0.1, 0.15) is 5.82 Å². The molecule has 0 saturated heterocycles. The smallest absolute Gasteiger partial charge is 0.122 e. The third-order valence-corrected chi connectivity index (χ3v) is 4.71. The van der Waals surface area contributed by atoms with E-state index in [2.05, 4.69) is 35.5 Å². The van der Waals surface area contributed by atoms with Crippen molar-refractivity contribution >= 4 is 0 Å². The second-order valence-electron chi connectivity index (χ2n) is 6.21. The molecule has 7 nitrogen and oxygen atoms in total. The van der Waals surface area contributed by atoms with E-state index < -0.39 is 0 Å². The van der Waals surface area contributed by atoms with Gasteiger partial charge in [-0.15, -0.1) is 0 Å². The third-order valence-electron chi connectivity index (χ3n) is 4.71. The van der Waals surface area contributed by atoms with Gasteiger partial charge in [0.25, 0.3) is 0 Å². The molecule has 1 atom stereocenters. The topological polar surface area (TPSA) is 71.9 Å². The first-order valence-corrected chi connectivity index (χ1v) is 8.52. The Bertz CT molecular complexity index is 812. The summed E-state index contributed by atoms with van der Waals surface area (Å²) in [5.41, 5.74) is 3.47. The number of hydrogen-bond acceptors (Lipinski definition) is 5. The summed E-state index contributed by atoms with van der Waals surface area (Å²) < 4.78 is 7.36. The minimum atomic E-state index is 0.0938. The monoisotopic (exact) mass is 338 g/mol. The zero-order chi connectivity index (χ0) is 17.1. The van der Waals surface area contributed by atoms with E-state index in [1.807, 2.05) is 24.7 Å². The van der Waals surface area contributed by atoms with Crippen molar-refractivity contribution in [3.8, 4) is 0 Å². The molecular formula is C18H22N6O. The molecule has 1 aliphatic heterocycles. The summed E-state index contributed by atoms with van der Waals surface area (Å²) in [7, 11) is 1.72. The third kappa shape index (κ3) is 3.20. The van der Waals surface area contributed by atoms with Crippen LogP contribution in [-0.4, -0.2) is 49.7 Å². The number of pyridine rings is 1. The summed E-state index contributed by atoms with van der Waals surface area (Å²) in [5, 5.41) is 0. The first kappa shape index (κ1) is 16.0. The molecule has 4 heterocycles. The van der Waals surface area contributed by atoms with Crippen molar-refractivity contribution in [2.75, 3.05) is 20.3 Å². The Labute approximate surface area is 146 Å². The Kier molecular flexibility index (Phi) is 4.58. The number of nitrogens with zero attached hydrogens (tertiary/aromatic N) is 5. The summed E-state index contributed by atoms with van der Waals surface area (Å²) in [6, 6.07) is 4.19. The molecule has 0 amide bonds. The maximum absolute atomic E-state index is 5.20. The highest BCUT2D eigenvalue weighted by molar-refractivity contribution is 5.31. The van der Waals surface area contributed by atoms with Gasteiger partial charge in [-0.05, 0) is 11.6 Å². The molecule has 1 aliphatic rings. The van der Waals surface area contributed by atoms with Crippen molar-refractivity contribution in [2.24, 2.45) is 0 Å². The highest BCUT2D eigenvalue weighted by atomic mass is 16.5. The van der Waals surface area contributed by atoms with E-state index in [9.17, 15) is 0 Å². The Morgan fingerprint density at radius 1 is 1.32 bits per heavy atom. The van der Waals surface area contributed by atoms with Gasteiger partial charge in [-0.1, -0.05) is 6.07 Å². The Balaban J connectivity index is 1.63. The van der Waals surface area contributed by atoms with Gasteiger partial charge in [0, 0.05) is 57.1 Å². The van der Waals surface area contributed by atoms with Crippen LogP contribution in [0.4, 0.5) is 0 Å². The standard InChI is InChI=1S/C18H22N6O/c1-25-10-9-23-8-6-20-16(23)12-24-7-4-15-17(22-13-21-15)18(24)14-3-2-5-19-11-14/h2-3,5-6,8,11,13,18H,4,7,9-10,12H2,1H3,(H,21,22). The van der Waals surface area contributed by atoms with Crippen molar-refractivity contribution in [1.29, 1.82) is 0 Å². The van der Waals surface area contributed by atoms with E-state index in [0.29, 0.717) is 6.61 Å². The highest BCUT2D eigenvalue weighted by Crippen LogP contribution is 2.33. The summed E-state index contributed by atoms with van der Waals surface area (Å²) in [5.74, 6) is 1.05. The highest BCUT2D eigenvalue weighted by Gasteiger charge is 2.31. The molecule has 0 radical (unpaired) electrons. The maximum atomic E-state index is 5.20. The van der Waals surface area contributed by atoms with Gasteiger partial charge in [-0.2, -0.15) is 0 Å². The van der Waals surface area contributed by atoms with Crippen LogP contribution in [0.2, 0.25) is 0 Å². The van der Waals surface area contributed by atoms with Gasteiger partial charge in [-0.25, -0.2) is 9.97 Å². The molecule has 0 saturated carbocycles. The largest absolute Gasteiger partial charge is 0.383 e. The van der Waals surface area contributed by atoms with Gasteiger partial charge in [-0.3, -0.25) is 9.88 Å². The summed E-state index contributed by atoms with van der Waals surface area (Å²) in [4.78, 5) is 19.2. The lowest BCUT2D eigenvalue weighted by atomic mass is 9.97. The van der Waals surface area contributed by atoms with Crippen molar-refractivity contribution in [2.45, 2.75) is 25.6 Å². The number of rotatable bonds is 6. The number of aromatic amines is 1. The second kappa shape index (κ2) is 7.16. The molecule has 3 aromatic heterocycles. The van der Waals surface area contributed by atoms with Crippen LogP contribution >= 0.6 is 0 Å². The molecule has 0 fully saturated rings. The lowest BCUT2D eigenvalue weighted by molar-refractivity contribution is 0.175. The molecule has 1 N–H and O–H groups in total. The normalized spacial score (nSPS) is 17.6. The number of imidazole rings is 2. The van der Waals surface area contributed by atoms with Crippen LogP contribution in [-0.2, 0) is 24.2 Å². The Morgan fingerprint density at radius 3 is 3.12 bits per heavy atom. The van der Waals surface area contributed by atoms with Crippen LogP contribution in [0.15, 0.2) is 43.2 Å². The molecule has 7 heteroatoms. The summed E-state index contributed by atoms with van der Waals surface area (Å²) >= 11 is 0. The van der Waals surface area contributed by atoms with Gasteiger partial charge in [0.2, 0.25) is 0 Å². The number of nitrogens with one attached hydrogen (secondary N) is 1. The molecule has 0 aromatic carbocycles. The SMILES string of the molecule is COCCn1ccnc1CN1CCc2[nH]cnc2C1c1cccnc1. The predicted molar refractivity (Wildman–Crippen MR) is 92.9 cm³/mol. The average Bonchev–Trinajstić information content (AvgIpc) is 3.29. The molecule has 0 aliphatic carbocycles. The van der Waals surface area contributed by atoms with E-state index in [1.165, 1.54) is 5.69 Å². The van der Waals surface area contributed by atoms with E-state index in [1.54, 1.807) is 19.6 Å². The Morgan fingerprint density at radius 2 is 2.28 bits per heavy atom. The minimum Gasteiger partial charge on any atom is -0.383 e. The minimum absolute atomic E-state index is 0.0938. The quantitative estimate of drug-likeness (QED) is 0.742. The molecule has 4 rings (SSSR count). The number of hydrogen-bond donors (Lipinski definition) is 1. The Hall–Kier alpha value is -2.51. The van der Waals surface area contributed by atoms with E-state index in [-0.39, 0.29) is 6.04 Å². The van der Waals surface area contributed by atoms with E-state index >= 15 is 0 Å². The van der Waals surface area contributed by atoms with Crippen LogP contribution in [0.1, 0.15) is 28.8 Å². The van der Waals surface area contributed by atoms with E-state index in [0.717, 1.165) is 43.1 Å². The van der Waals surface area contributed by atoms with Crippen molar-refractivity contribution in [3.05, 3.63) is 66.0 Å². The fourth-order valence-corrected chi connectivity index (χ4v) is 3.47. The molecule has 130 valence electrons. The number of H-pyrrole nitrogens is 1. The van der Waals surface area contributed by atoms with Crippen molar-refractivity contribution in [3.63, 3.8) is 0 Å². The van der Waals surface area contributed by atoms with Crippen LogP contribution in [0.3, 0.4) is 0 Å². The number of fused-ring (bicyclic) bond motifs is 1. The molecule has 1 unspecified atom stereocenters. The molecule has 0 bridgehead atoms. The average molecular weight is 338 g/mol. The summed E-state index contributed by atoms with van der Waals surface area (Å²) in [6.45, 7) is 3.21. The number of aromatic nitrogens is 5. The first-order chi connectivity index (χ1) is 12.4. The van der Waals surface area contributed by atoms with Crippen molar-refractivity contribution in [1.82, 2.24) is 29.4 Å². The summed E-state index contributed by atoms with van der Waals surface area (Å²) in [6.07, 6.45) is 10.4. The van der Waals surface area contributed by atoms with Gasteiger partial charge in [0.05, 0.1) is 31.2 Å². The second-order valence-corrected chi connectivity index (χ2v) is 6.21. The number of ether oxygens (including phenoxy) is 1. The van der Waals surface area contributed by atoms with E-state index in [4.69, 9.17) is 4.74 Å². The van der Waals surface area contributed by atoms with Gasteiger partial charge in [0.15, 0.2) is 0 Å².